The van der Waals surface area contributed by atoms with E-state index in [0.717, 1.165) is 0 Å². The van der Waals surface area contributed by atoms with Crippen LogP contribution < -0.4 is 0 Å². The normalized spacial score (nSPS) is 26.2. The van der Waals surface area contributed by atoms with Gasteiger partial charge in [0.25, 0.3) is 0 Å². The molecule has 0 unspecified atom stereocenters. The van der Waals surface area contributed by atoms with Crippen LogP contribution in [0.5, 0.6) is 0 Å². The van der Waals surface area contributed by atoms with Crippen molar-refractivity contribution in [2.45, 2.75) is 78.1 Å². The van der Waals surface area contributed by atoms with Gasteiger partial charge in [0.1, 0.15) is 0 Å². The second-order valence-electron chi connectivity index (χ2n) is 8.37. The van der Waals surface area contributed by atoms with Gasteiger partial charge in [0.15, 0.2) is 0 Å². The van der Waals surface area contributed by atoms with Crippen LogP contribution in [0.4, 0.5) is 0 Å². The fourth-order valence-electron chi connectivity index (χ4n) is 4.89. The Morgan fingerprint density at radius 2 is 1.45 bits per heavy atom. The smallest absolute Gasteiger partial charge is 0.00471 e. The number of hydrogen-bond acceptors (Lipinski definition) is 0. The van der Waals surface area contributed by atoms with Crippen molar-refractivity contribution < 1.29 is 0 Å². The number of fused-ring (bicyclic) bond motifs is 1. The molecule has 0 saturated heterocycles. The molecular formula is C22H30. The van der Waals surface area contributed by atoms with Gasteiger partial charge in [-0.05, 0) is 79.9 Å². The Morgan fingerprint density at radius 1 is 0.818 bits per heavy atom. The van der Waals surface area contributed by atoms with Crippen LogP contribution >= 0.6 is 0 Å². The number of hydrogen-bond donors (Lipinski definition) is 0. The molecule has 22 heavy (non-hydrogen) atoms. The van der Waals surface area contributed by atoms with Crippen LogP contribution in [-0.4, -0.2) is 0 Å². The summed E-state index contributed by atoms with van der Waals surface area (Å²) >= 11 is 0. The quantitative estimate of drug-likeness (QED) is 0.534. The summed E-state index contributed by atoms with van der Waals surface area (Å²) < 4.78 is 0. The molecule has 118 valence electrons. The first-order valence-corrected chi connectivity index (χ1v) is 9.48. The van der Waals surface area contributed by atoms with Crippen LogP contribution in [-0.2, 0) is 0 Å². The van der Waals surface area contributed by atoms with Crippen molar-refractivity contribution in [3.05, 3.63) is 46.1 Å². The minimum atomic E-state index is 0.295. The maximum atomic E-state index is 2.62. The zero-order valence-electron chi connectivity index (χ0n) is 14.4. The molecule has 0 aliphatic heterocycles. The molecule has 0 aromatic carbocycles. The molecule has 0 radical (unpaired) electrons. The van der Waals surface area contributed by atoms with E-state index >= 15 is 0 Å². The molecule has 0 atom stereocenters. The Morgan fingerprint density at radius 3 is 2.14 bits per heavy atom. The van der Waals surface area contributed by atoms with Gasteiger partial charge in [0, 0.05) is 5.92 Å². The van der Waals surface area contributed by atoms with Crippen molar-refractivity contribution in [3.63, 3.8) is 0 Å². The molecule has 0 aromatic rings. The van der Waals surface area contributed by atoms with Gasteiger partial charge in [-0.1, -0.05) is 49.6 Å². The molecule has 0 N–H and O–H groups in total. The Bertz CT molecular complexity index is 570. The average molecular weight is 294 g/mol. The van der Waals surface area contributed by atoms with Gasteiger partial charge in [-0.25, -0.2) is 0 Å². The number of allylic oxidation sites excluding steroid dienone is 8. The topological polar surface area (TPSA) is 0 Å². The van der Waals surface area contributed by atoms with Crippen molar-refractivity contribution in [1.82, 2.24) is 0 Å². The molecule has 0 aromatic heterocycles. The Labute approximate surface area is 136 Å². The summed E-state index contributed by atoms with van der Waals surface area (Å²) in [7, 11) is 0. The molecule has 1 saturated carbocycles. The molecule has 0 spiro atoms. The maximum absolute atomic E-state index is 2.62. The highest BCUT2D eigenvalue weighted by Crippen LogP contribution is 2.50. The standard InChI is InChI=1S/C22H30/c1-22(2,21-14-18-10-6-7-11-19(18)15-21)20-12-16-8-4-3-5-9-17(16)13-20/h12-14,20H,3-11,15H2,1-2H3. The van der Waals surface area contributed by atoms with E-state index in [1.165, 1.54) is 64.2 Å². The molecule has 4 aliphatic rings. The third-order valence-electron chi connectivity index (χ3n) is 6.61. The van der Waals surface area contributed by atoms with Crippen molar-refractivity contribution in [3.8, 4) is 0 Å². The summed E-state index contributed by atoms with van der Waals surface area (Å²) in [6.07, 6.45) is 21.5. The second kappa shape index (κ2) is 5.55. The second-order valence-corrected chi connectivity index (χ2v) is 8.37. The maximum Gasteiger partial charge on any atom is 0.00471 e. The SMILES string of the molecule is CC(C)(C1=CC2=C(CCCC2)C1)C1C=C2CCCCCC2=C1. The lowest BCUT2D eigenvalue weighted by atomic mass is 9.72. The predicted molar refractivity (Wildman–Crippen MR) is 94.7 cm³/mol. The van der Waals surface area contributed by atoms with Crippen molar-refractivity contribution in [2.24, 2.45) is 11.3 Å². The molecule has 0 amide bonds. The highest BCUT2D eigenvalue weighted by molar-refractivity contribution is 5.47. The van der Waals surface area contributed by atoms with Crippen LogP contribution in [0.2, 0.25) is 0 Å². The van der Waals surface area contributed by atoms with E-state index < -0.39 is 0 Å². The van der Waals surface area contributed by atoms with Gasteiger partial charge in [0.2, 0.25) is 0 Å². The first-order chi connectivity index (χ1) is 10.6. The van der Waals surface area contributed by atoms with Crippen molar-refractivity contribution >= 4 is 0 Å². The van der Waals surface area contributed by atoms with Crippen LogP contribution in [0, 0.1) is 11.3 Å². The van der Waals surface area contributed by atoms with E-state index in [9.17, 15) is 0 Å². The minimum absolute atomic E-state index is 0.295. The van der Waals surface area contributed by atoms with E-state index in [1.807, 2.05) is 0 Å². The lowest BCUT2D eigenvalue weighted by Gasteiger charge is -2.32. The first-order valence-electron chi connectivity index (χ1n) is 9.48. The lowest BCUT2D eigenvalue weighted by molar-refractivity contribution is 0.368. The van der Waals surface area contributed by atoms with Gasteiger partial charge in [-0.15, -0.1) is 0 Å². The zero-order valence-corrected chi connectivity index (χ0v) is 14.4. The third kappa shape index (κ3) is 2.45. The molecule has 0 bridgehead atoms. The summed E-state index contributed by atoms with van der Waals surface area (Å²) in [5.74, 6) is 0.628. The Hall–Kier alpha value is -1.04. The minimum Gasteiger partial charge on any atom is -0.0733 e. The highest BCUT2D eigenvalue weighted by Gasteiger charge is 2.36. The molecule has 0 heterocycles. The monoisotopic (exact) mass is 294 g/mol. The van der Waals surface area contributed by atoms with E-state index in [1.54, 1.807) is 27.9 Å². The highest BCUT2D eigenvalue weighted by atomic mass is 14.4. The van der Waals surface area contributed by atoms with Gasteiger partial charge < -0.3 is 0 Å². The molecule has 0 nitrogen and oxygen atoms in total. The summed E-state index contributed by atoms with van der Waals surface area (Å²) in [4.78, 5) is 0. The van der Waals surface area contributed by atoms with Crippen molar-refractivity contribution in [1.29, 1.82) is 0 Å². The van der Waals surface area contributed by atoms with Crippen LogP contribution in [0.1, 0.15) is 78.1 Å². The van der Waals surface area contributed by atoms with E-state index in [0.29, 0.717) is 11.3 Å². The largest absolute Gasteiger partial charge is 0.0733 e. The summed E-state index contributed by atoms with van der Waals surface area (Å²) in [5.41, 5.74) is 8.83. The summed E-state index contributed by atoms with van der Waals surface area (Å²) in [5, 5.41) is 0. The third-order valence-corrected chi connectivity index (χ3v) is 6.61. The van der Waals surface area contributed by atoms with Gasteiger partial charge in [-0.3, -0.25) is 0 Å². The first kappa shape index (κ1) is 14.5. The zero-order chi connectivity index (χ0) is 15.2. The van der Waals surface area contributed by atoms with Gasteiger partial charge >= 0.3 is 0 Å². The van der Waals surface area contributed by atoms with Gasteiger partial charge in [0.05, 0.1) is 0 Å². The average Bonchev–Trinajstić information content (AvgIpc) is 3.07. The molecule has 0 heteroatoms. The fourth-order valence-corrected chi connectivity index (χ4v) is 4.89. The molecule has 4 aliphatic carbocycles. The molecule has 1 fully saturated rings. The van der Waals surface area contributed by atoms with Crippen molar-refractivity contribution in [2.75, 3.05) is 0 Å². The summed E-state index contributed by atoms with van der Waals surface area (Å²) in [6.45, 7) is 4.97. The Balaban J connectivity index is 1.57. The van der Waals surface area contributed by atoms with Crippen LogP contribution in [0.15, 0.2) is 46.1 Å². The summed E-state index contributed by atoms with van der Waals surface area (Å²) in [6, 6.07) is 0. The lowest BCUT2D eigenvalue weighted by Crippen LogP contribution is -2.22. The Kier molecular flexibility index (Phi) is 3.67. The fraction of sp³-hybridized carbons (Fsp3) is 0.636. The van der Waals surface area contributed by atoms with Crippen LogP contribution in [0.25, 0.3) is 0 Å². The molecular weight excluding hydrogens is 264 g/mol. The van der Waals surface area contributed by atoms with Gasteiger partial charge in [-0.2, -0.15) is 0 Å². The number of rotatable bonds is 2. The van der Waals surface area contributed by atoms with E-state index in [-0.39, 0.29) is 0 Å². The van der Waals surface area contributed by atoms with E-state index in [2.05, 4.69) is 32.1 Å². The molecule has 4 rings (SSSR count). The predicted octanol–water partition coefficient (Wildman–Crippen LogP) is 6.66. The van der Waals surface area contributed by atoms with Crippen LogP contribution in [0.3, 0.4) is 0 Å². The van der Waals surface area contributed by atoms with E-state index in [4.69, 9.17) is 0 Å².